The Morgan fingerprint density at radius 2 is 1.90 bits per heavy atom. The monoisotopic (exact) mass is 308 g/mol. The number of benzene rings is 1. The molecule has 1 heterocycles. The zero-order valence-electron chi connectivity index (χ0n) is 12.0. The summed E-state index contributed by atoms with van der Waals surface area (Å²) in [5.41, 5.74) is 1.30. The Morgan fingerprint density at radius 1 is 1.15 bits per heavy atom. The Balaban J connectivity index is 1.65. The van der Waals surface area contributed by atoms with Crippen molar-refractivity contribution in [1.82, 2.24) is 10.2 Å². The molecule has 2 rings (SSSR count). The molecule has 1 aromatic carbocycles. The van der Waals surface area contributed by atoms with Gasteiger partial charge >= 0.3 is 0 Å². The summed E-state index contributed by atoms with van der Waals surface area (Å²) in [5.74, 6) is 0. The number of thiophene rings is 1. The number of rotatable bonds is 7. The van der Waals surface area contributed by atoms with Crippen LogP contribution in [0.2, 0.25) is 5.02 Å². The molecular weight excluding hydrogens is 288 g/mol. The summed E-state index contributed by atoms with van der Waals surface area (Å²) in [7, 11) is 2.14. The first-order chi connectivity index (χ1) is 9.63. The summed E-state index contributed by atoms with van der Waals surface area (Å²) in [4.78, 5) is 5.10. The lowest BCUT2D eigenvalue weighted by molar-refractivity contribution is 0.324. The zero-order chi connectivity index (χ0) is 14.4. The fourth-order valence-corrected chi connectivity index (χ4v) is 3.03. The lowest BCUT2D eigenvalue weighted by Crippen LogP contribution is -2.28. The van der Waals surface area contributed by atoms with Gasteiger partial charge in [-0.25, -0.2) is 0 Å². The highest BCUT2D eigenvalue weighted by Crippen LogP contribution is 2.14. The number of nitrogens with zero attached hydrogens (tertiary/aromatic N) is 1. The fraction of sp³-hybridized carbons (Fsp3) is 0.375. The van der Waals surface area contributed by atoms with E-state index in [9.17, 15) is 0 Å². The number of hydrogen-bond acceptors (Lipinski definition) is 3. The van der Waals surface area contributed by atoms with Crippen molar-refractivity contribution in [2.45, 2.75) is 20.0 Å². The SMILES string of the molecule is Cc1ccc(CNCCN(C)Cc2ccc(Cl)cc2)s1. The minimum Gasteiger partial charge on any atom is -0.311 e. The molecule has 20 heavy (non-hydrogen) atoms. The molecule has 1 aromatic heterocycles. The number of hydrogen-bond donors (Lipinski definition) is 1. The average Bonchev–Trinajstić information content (AvgIpc) is 2.83. The lowest BCUT2D eigenvalue weighted by Gasteiger charge is -2.17. The summed E-state index contributed by atoms with van der Waals surface area (Å²) >= 11 is 7.75. The molecular formula is C16H21ClN2S. The van der Waals surface area contributed by atoms with Crippen LogP contribution in [0.1, 0.15) is 15.3 Å². The molecule has 0 aliphatic heterocycles. The van der Waals surface area contributed by atoms with E-state index in [1.165, 1.54) is 15.3 Å². The molecule has 0 unspecified atom stereocenters. The molecule has 0 aliphatic rings. The van der Waals surface area contributed by atoms with Crippen LogP contribution in [0.15, 0.2) is 36.4 Å². The highest BCUT2D eigenvalue weighted by atomic mass is 35.5. The number of halogens is 1. The van der Waals surface area contributed by atoms with Gasteiger partial charge in [0.25, 0.3) is 0 Å². The van der Waals surface area contributed by atoms with E-state index in [4.69, 9.17) is 11.6 Å². The standard InChI is InChI=1S/C16H21ClN2S/c1-13-3-8-16(20-13)11-18-9-10-19(2)12-14-4-6-15(17)7-5-14/h3-8,18H,9-12H2,1-2H3. The molecule has 0 amide bonds. The molecule has 2 aromatic rings. The molecule has 2 nitrogen and oxygen atoms in total. The second kappa shape index (κ2) is 7.79. The van der Waals surface area contributed by atoms with E-state index in [0.717, 1.165) is 31.2 Å². The number of likely N-dealkylation sites (N-methyl/N-ethyl adjacent to an activating group) is 1. The second-order valence-corrected chi connectivity index (χ2v) is 6.86. The summed E-state index contributed by atoms with van der Waals surface area (Å²) in [5, 5.41) is 4.28. The van der Waals surface area contributed by atoms with Crippen LogP contribution < -0.4 is 5.32 Å². The maximum Gasteiger partial charge on any atom is 0.0406 e. The van der Waals surface area contributed by atoms with Crippen molar-refractivity contribution in [2.24, 2.45) is 0 Å². The van der Waals surface area contributed by atoms with Crippen molar-refractivity contribution in [1.29, 1.82) is 0 Å². The first kappa shape index (κ1) is 15.5. The molecule has 4 heteroatoms. The minimum atomic E-state index is 0.796. The Hall–Kier alpha value is -0.870. The van der Waals surface area contributed by atoms with E-state index < -0.39 is 0 Å². The smallest absolute Gasteiger partial charge is 0.0406 e. The van der Waals surface area contributed by atoms with Crippen molar-refractivity contribution in [3.63, 3.8) is 0 Å². The van der Waals surface area contributed by atoms with E-state index >= 15 is 0 Å². The van der Waals surface area contributed by atoms with Gasteiger partial charge in [0.1, 0.15) is 0 Å². The zero-order valence-corrected chi connectivity index (χ0v) is 13.6. The summed E-state index contributed by atoms with van der Waals surface area (Å²) in [6.45, 7) is 6.10. The van der Waals surface area contributed by atoms with Gasteiger partial charge in [-0.15, -0.1) is 11.3 Å². The molecule has 0 aliphatic carbocycles. The van der Waals surface area contributed by atoms with Crippen molar-refractivity contribution in [2.75, 3.05) is 20.1 Å². The predicted molar refractivity (Wildman–Crippen MR) is 88.5 cm³/mol. The Labute approximate surface area is 130 Å². The lowest BCUT2D eigenvalue weighted by atomic mass is 10.2. The van der Waals surface area contributed by atoms with E-state index in [1.54, 1.807) is 0 Å². The van der Waals surface area contributed by atoms with E-state index in [-0.39, 0.29) is 0 Å². The maximum atomic E-state index is 5.89. The average molecular weight is 309 g/mol. The summed E-state index contributed by atoms with van der Waals surface area (Å²) in [6.07, 6.45) is 0. The summed E-state index contributed by atoms with van der Waals surface area (Å²) in [6, 6.07) is 12.4. The fourth-order valence-electron chi connectivity index (χ4n) is 2.04. The van der Waals surface area contributed by atoms with Gasteiger partial charge in [0, 0.05) is 41.0 Å². The minimum absolute atomic E-state index is 0.796. The van der Waals surface area contributed by atoms with Gasteiger partial charge in [0.05, 0.1) is 0 Å². The van der Waals surface area contributed by atoms with Crippen LogP contribution in [0.25, 0.3) is 0 Å². The molecule has 0 bridgehead atoms. The van der Waals surface area contributed by atoms with Crippen molar-refractivity contribution in [3.8, 4) is 0 Å². The van der Waals surface area contributed by atoms with Crippen LogP contribution in [-0.4, -0.2) is 25.0 Å². The van der Waals surface area contributed by atoms with Crippen LogP contribution >= 0.6 is 22.9 Å². The first-order valence-electron chi connectivity index (χ1n) is 6.82. The largest absolute Gasteiger partial charge is 0.311 e. The number of nitrogens with one attached hydrogen (secondary N) is 1. The first-order valence-corrected chi connectivity index (χ1v) is 8.02. The van der Waals surface area contributed by atoms with E-state index in [1.807, 2.05) is 23.5 Å². The second-order valence-electron chi connectivity index (χ2n) is 5.05. The topological polar surface area (TPSA) is 15.3 Å². The van der Waals surface area contributed by atoms with E-state index in [0.29, 0.717) is 0 Å². The highest BCUT2D eigenvalue weighted by Gasteiger charge is 2.01. The van der Waals surface area contributed by atoms with Gasteiger partial charge in [0.2, 0.25) is 0 Å². The van der Waals surface area contributed by atoms with Crippen LogP contribution in [0.4, 0.5) is 0 Å². The molecule has 1 N–H and O–H groups in total. The van der Waals surface area contributed by atoms with Crippen LogP contribution in [-0.2, 0) is 13.1 Å². The normalized spacial score (nSPS) is 11.2. The third kappa shape index (κ3) is 5.25. The van der Waals surface area contributed by atoms with Crippen LogP contribution in [0.5, 0.6) is 0 Å². The van der Waals surface area contributed by atoms with Crippen LogP contribution in [0, 0.1) is 6.92 Å². The highest BCUT2D eigenvalue weighted by molar-refractivity contribution is 7.11. The third-order valence-electron chi connectivity index (χ3n) is 3.13. The molecule has 0 saturated heterocycles. The summed E-state index contributed by atoms with van der Waals surface area (Å²) < 4.78 is 0. The quantitative estimate of drug-likeness (QED) is 0.780. The molecule has 0 fully saturated rings. The van der Waals surface area contributed by atoms with Gasteiger partial charge in [-0.3, -0.25) is 0 Å². The third-order valence-corrected chi connectivity index (χ3v) is 4.38. The van der Waals surface area contributed by atoms with Gasteiger partial charge < -0.3 is 10.2 Å². The van der Waals surface area contributed by atoms with Crippen molar-refractivity contribution >= 4 is 22.9 Å². The predicted octanol–water partition coefficient (Wildman–Crippen LogP) is 3.93. The molecule has 108 valence electrons. The molecule has 0 spiro atoms. The maximum absolute atomic E-state index is 5.89. The molecule has 0 radical (unpaired) electrons. The molecule has 0 atom stereocenters. The Kier molecular flexibility index (Phi) is 6.05. The van der Waals surface area contributed by atoms with Gasteiger partial charge in [-0.05, 0) is 43.8 Å². The van der Waals surface area contributed by atoms with Gasteiger partial charge in [-0.2, -0.15) is 0 Å². The van der Waals surface area contributed by atoms with E-state index in [2.05, 4.69) is 48.5 Å². The Bertz CT molecular complexity index is 522. The molecule has 0 saturated carbocycles. The Morgan fingerprint density at radius 3 is 2.55 bits per heavy atom. The van der Waals surface area contributed by atoms with Gasteiger partial charge in [0.15, 0.2) is 0 Å². The number of aryl methyl sites for hydroxylation is 1. The van der Waals surface area contributed by atoms with Crippen molar-refractivity contribution < 1.29 is 0 Å². The van der Waals surface area contributed by atoms with Crippen molar-refractivity contribution in [3.05, 3.63) is 56.7 Å². The van der Waals surface area contributed by atoms with Gasteiger partial charge in [-0.1, -0.05) is 23.7 Å². The van der Waals surface area contributed by atoms with Crippen LogP contribution in [0.3, 0.4) is 0 Å².